The maximum Gasteiger partial charge on any atom is 0.407 e. The molecule has 0 saturated carbocycles. The third-order valence-electron chi connectivity index (χ3n) is 3.77. The average Bonchev–Trinajstić information content (AvgIpc) is 2.56. The van der Waals surface area contributed by atoms with Gasteiger partial charge in [0.25, 0.3) is 0 Å². The quantitative estimate of drug-likeness (QED) is 0.515. The number of nitrogens with one attached hydrogen (secondary N) is 2. The van der Waals surface area contributed by atoms with Gasteiger partial charge in [0.2, 0.25) is 0 Å². The van der Waals surface area contributed by atoms with Crippen molar-refractivity contribution in [1.82, 2.24) is 10.6 Å². The van der Waals surface area contributed by atoms with Gasteiger partial charge in [-0.3, -0.25) is 0 Å². The van der Waals surface area contributed by atoms with Crippen molar-refractivity contribution in [3.05, 3.63) is 35.9 Å². The van der Waals surface area contributed by atoms with Crippen LogP contribution in [-0.4, -0.2) is 54.7 Å². The average molecular weight is 381 g/mol. The SMILES string of the molecule is CC(C)OCCCNCC(O)C(Cc1ccccc1)NC(=O)OC(C)(C)C. The first-order chi connectivity index (χ1) is 12.7. The monoisotopic (exact) mass is 380 g/mol. The van der Waals surface area contributed by atoms with E-state index in [1.54, 1.807) is 0 Å². The summed E-state index contributed by atoms with van der Waals surface area (Å²) < 4.78 is 10.8. The van der Waals surface area contributed by atoms with Crippen LogP contribution in [0.2, 0.25) is 0 Å². The van der Waals surface area contributed by atoms with Gasteiger partial charge in [-0.25, -0.2) is 4.79 Å². The predicted octanol–water partition coefficient (Wildman–Crippen LogP) is 2.89. The Balaban J connectivity index is 2.54. The Hall–Kier alpha value is -1.63. The van der Waals surface area contributed by atoms with E-state index in [-0.39, 0.29) is 6.10 Å². The standard InChI is InChI=1S/C21H36N2O4/c1-16(2)26-13-9-12-22-15-19(24)18(14-17-10-7-6-8-11-17)23-20(25)27-21(3,4)5/h6-8,10-11,16,18-19,22,24H,9,12-15H2,1-5H3,(H,23,25). The molecule has 0 spiro atoms. The van der Waals surface area contributed by atoms with Crippen LogP contribution in [0.1, 0.15) is 46.6 Å². The molecule has 6 heteroatoms. The minimum absolute atomic E-state index is 0.226. The van der Waals surface area contributed by atoms with E-state index in [4.69, 9.17) is 9.47 Å². The highest BCUT2D eigenvalue weighted by atomic mass is 16.6. The molecule has 0 saturated heterocycles. The maximum atomic E-state index is 12.2. The molecule has 0 radical (unpaired) electrons. The lowest BCUT2D eigenvalue weighted by Gasteiger charge is -2.27. The van der Waals surface area contributed by atoms with E-state index >= 15 is 0 Å². The van der Waals surface area contributed by atoms with Crippen LogP contribution in [-0.2, 0) is 15.9 Å². The van der Waals surface area contributed by atoms with Crippen molar-refractivity contribution >= 4 is 6.09 Å². The second-order valence-electron chi connectivity index (χ2n) is 7.99. The molecule has 1 amide bonds. The van der Waals surface area contributed by atoms with Crippen molar-refractivity contribution in [2.75, 3.05) is 19.7 Å². The molecular weight excluding hydrogens is 344 g/mol. The second kappa shape index (κ2) is 12.0. The summed E-state index contributed by atoms with van der Waals surface area (Å²) in [5, 5.41) is 16.6. The number of aliphatic hydroxyl groups excluding tert-OH is 1. The Labute approximate surface area is 163 Å². The lowest BCUT2D eigenvalue weighted by molar-refractivity contribution is 0.0421. The molecule has 6 nitrogen and oxygen atoms in total. The molecular formula is C21H36N2O4. The van der Waals surface area contributed by atoms with Gasteiger partial charge in [-0.1, -0.05) is 30.3 Å². The second-order valence-corrected chi connectivity index (χ2v) is 7.99. The fraction of sp³-hybridized carbons (Fsp3) is 0.667. The number of aliphatic hydroxyl groups is 1. The topological polar surface area (TPSA) is 79.8 Å². The summed E-state index contributed by atoms with van der Waals surface area (Å²) in [7, 11) is 0. The Morgan fingerprint density at radius 2 is 1.85 bits per heavy atom. The van der Waals surface area contributed by atoms with Crippen molar-refractivity contribution in [3.63, 3.8) is 0 Å². The molecule has 1 rings (SSSR count). The highest BCUT2D eigenvalue weighted by Gasteiger charge is 2.24. The molecule has 2 atom stereocenters. The van der Waals surface area contributed by atoms with Crippen molar-refractivity contribution in [2.45, 2.75) is 71.3 Å². The lowest BCUT2D eigenvalue weighted by Crippen LogP contribution is -2.50. The predicted molar refractivity (Wildman–Crippen MR) is 108 cm³/mol. The van der Waals surface area contributed by atoms with Crippen molar-refractivity contribution in [1.29, 1.82) is 0 Å². The summed E-state index contributed by atoms with van der Waals surface area (Å²) in [6, 6.07) is 9.34. The Morgan fingerprint density at radius 3 is 2.44 bits per heavy atom. The molecule has 1 aromatic carbocycles. The molecule has 0 bridgehead atoms. The number of alkyl carbamates (subject to hydrolysis) is 1. The van der Waals surface area contributed by atoms with Crippen LogP contribution >= 0.6 is 0 Å². The maximum absolute atomic E-state index is 12.2. The Morgan fingerprint density at radius 1 is 1.19 bits per heavy atom. The first-order valence-corrected chi connectivity index (χ1v) is 9.71. The summed E-state index contributed by atoms with van der Waals surface area (Å²) in [4.78, 5) is 12.2. The first kappa shape index (κ1) is 23.4. The van der Waals surface area contributed by atoms with Gasteiger partial charge in [-0.05, 0) is 59.6 Å². The van der Waals surface area contributed by atoms with Gasteiger partial charge in [0.1, 0.15) is 5.60 Å². The van der Waals surface area contributed by atoms with Gasteiger partial charge in [0.15, 0.2) is 0 Å². The van der Waals surface area contributed by atoms with Gasteiger partial charge in [-0.15, -0.1) is 0 Å². The largest absolute Gasteiger partial charge is 0.444 e. The fourth-order valence-electron chi connectivity index (χ4n) is 2.52. The number of rotatable bonds is 11. The van der Waals surface area contributed by atoms with E-state index in [2.05, 4.69) is 10.6 Å². The van der Waals surface area contributed by atoms with E-state index < -0.39 is 23.8 Å². The normalized spacial score (nSPS) is 14.0. The minimum atomic E-state index is -0.733. The molecule has 0 aliphatic rings. The van der Waals surface area contributed by atoms with E-state index in [0.29, 0.717) is 19.6 Å². The number of ether oxygens (including phenoxy) is 2. The Bertz CT molecular complexity index is 529. The van der Waals surface area contributed by atoms with E-state index in [1.165, 1.54) is 0 Å². The number of amides is 1. The van der Waals surface area contributed by atoms with Crippen LogP contribution in [0.4, 0.5) is 4.79 Å². The zero-order valence-electron chi connectivity index (χ0n) is 17.3. The van der Waals surface area contributed by atoms with Crippen molar-refractivity contribution in [3.8, 4) is 0 Å². The lowest BCUT2D eigenvalue weighted by atomic mass is 10.0. The molecule has 0 aliphatic carbocycles. The van der Waals surface area contributed by atoms with Gasteiger partial charge < -0.3 is 25.2 Å². The zero-order chi connectivity index (χ0) is 20.3. The molecule has 0 fully saturated rings. The smallest absolute Gasteiger partial charge is 0.407 e. The molecule has 0 heterocycles. The molecule has 0 aliphatic heterocycles. The highest BCUT2D eigenvalue weighted by Crippen LogP contribution is 2.10. The fourth-order valence-corrected chi connectivity index (χ4v) is 2.52. The summed E-state index contributed by atoms with van der Waals surface area (Å²) in [5.41, 5.74) is 0.462. The van der Waals surface area contributed by atoms with Gasteiger partial charge in [0, 0.05) is 13.2 Å². The van der Waals surface area contributed by atoms with E-state index in [1.807, 2.05) is 65.0 Å². The summed E-state index contributed by atoms with van der Waals surface area (Å²) >= 11 is 0. The summed E-state index contributed by atoms with van der Waals surface area (Å²) in [5.74, 6) is 0. The third-order valence-corrected chi connectivity index (χ3v) is 3.77. The molecule has 1 aromatic rings. The van der Waals surface area contributed by atoms with Crippen LogP contribution in [0.5, 0.6) is 0 Å². The summed E-state index contributed by atoms with van der Waals surface area (Å²) in [6.45, 7) is 11.3. The highest BCUT2D eigenvalue weighted by molar-refractivity contribution is 5.68. The van der Waals surface area contributed by atoms with Crippen LogP contribution in [0, 0.1) is 0 Å². The molecule has 2 unspecified atom stereocenters. The molecule has 0 aromatic heterocycles. The summed E-state index contributed by atoms with van der Waals surface area (Å²) in [6.07, 6.45) is 0.369. The molecule has 3 N–H and O–H groups in total. The van der Waals surface area contributed by atoms with Gasteiger partial charge in [0.05, 0.1) is 18.2 Å². The molecule has 154 valence electrons. The third kappa shape index (κ3) is 11.6. The number of hydrogen-bond donors (Lipinski definition) is 3. The first-order valence-electron chi connectivity index (χ1n) is 9.71. The van der Waals surface area contributed by atoms with Gasteiger partial charge >= 0.3 is 6.09 Å². The van der Waals surface area contributed by atoms with Crippen LogP contribution in [0.15, 0.2) is 30.3 Å². The number of hydrogen-bond acceptors (Lipinski definition) is 5. The van der Waals surface area contributed by atoms with Crippen LogP contribution in [0.25, 0.3) is 0 Å². The number of carbonyl (C=O) groups excluding carboxylic acids is 1. The van der Waals surface area contributed by atoms with E-state index in [9.17, 15) is 9.90 Å². The van der Waals surface area contributed by atoms with Crippen LogP contribution < -0.4 is 10.6 Å². The Kier molecular flexibility index (Phi) is 10.4. The van der Waals surface area contributed by atoms with E-state index in [0.717, 1.165) is 18.5 Å². The number of benzene rings is 1. The number of carbonyl (C=O) groups is 1. The minimum Gasteiger partial charge on any atom is -0.444 e. The van der Waals surface area contributed by atoms with Gasteiger partial charge in [-0.2, -0.15) is 0 Å². The van der Waals surface area contributed by atoms with Crippen molar-refractivity contribution in [2.24, 2.45) is 0 Å². The van der Waals surface area contributed by atoms with Crippen LogP contribution in [0.3, 0.4) is 0 Å². The zero-order valence-corrected chi connectivity index (χ0v) is 17.3. The molecule has 27 heavy (non-hydrogen) atoms. The van der Waals surface area contributed by atoms with Crippen molar-refractivity contribution < 1.29 is 19.4 Å².